The van der Waals surface area contributed by atoms with Crippen LogP contribution in [0.1, 0.15) is 39.9 Å². The molecule has 2 atom stereocenters. The molecule has 0 saturated heterocycles. The summed E-state index contributed by atoms with van der Waals surface area (Å²) in [6.45, 7) is 0.876. The van der Waals surface area contributed by atoms with Crippen LogP contribution < -0.4 is 10.1 Å². The molecule has 20 heteroatoms. The zero-order valence-electron chi connectivity index (χ0n) is 21.4. The molecule has 0 spiro atoms. The van der Waals surface area contributed by atoms with Gasteiger partial charge in [-0.15, -0.1) is 13.2 Å². The first-order valence-electron chi connectivity index (χ1n) is 11.5. The number of nitrogens with one attached hydrogen (secondary N) is 1. The number of hydrogen-bond donors (Lipinski definition) is 1. The van der Waals surface area contributed by atoms with Crippen LogP contribution in [0.3, 0.4) is 0 Å². The molecule has 2 aromatic rings. The van der Waals surface area contributed by atoms with Gasteiger partial charge in [0, 0.05) is 11.6 Å². The first-order chi connectivity index (χ1) is 19.7. The van der Waals surface area contributed by atoms with Crippen molar-refractivity contribution in [2.45, 2.75) is 43.8 Å². The summed E-state index contributed by atoms with van der Waals surface area (Å²) < 4.78 is 199. The maximum absolute atomic E-state index is 15.0. The number of ether oxygens (including phenoxy) is 1. The summed E-state index contributed by atoms with van der Waals surface area (Å²) in [5, 5.41) is 0.801. The third kappa shape index (κ3) is 11.0. The molecule has 0 fully saturated rings. The van der Waals surface area contributed by atoms with Crippen LogP contribution in [-0.4, -0.2) is 50.6 Å². The van der Waals surface area contributed by atoms with Gasteiger partial charge in [-0.2, -0.15) is 39.5 Å². The smallest absolute Gasteiger partial charge is 0.404 e. The SMILES string of the molecule is CC(CS(=O)(=O)CC(F)(F)F)NC(=O)c1ccc(/C(F)=C/C(c2ccc(OC(F)(F)F)c(Cl)c2)C(F)(F)F)cc1C(F)(F)F. The second-order valence-electron chi connectivity index (χ2n) is 9.07. The Labute approximate surface area is 244 Å². The number of amides is 1. The van der Waals surface area contributed by atoms with Crippen molar-refractivity contribution in [2.24, 2.45) is 0 Å². The fourth-order valence-electron chi connectivity index (χ4n) is 3.70. The average molecular weight is 698 g/mol. The number of allylic oxidation sites excluding steroid dienone is 1. The van der Waals surface area contributed by atoms with E-state index in [1.165, 1.54) is 0 Å². The number of hydrogen-bond acceptors (Lipinski definition) is 4. The van der Waals surface area contributed by atoms with E-state index in [2.05, 4.69) is 4.74 Å². The number of rotatable bonds is 9. The van der Waals surface area contributed by atoms with Crippen LogP contribution in [-0.2, 0) is 16.0 Å². The minimum atomic E-state index is -5.44. The van der Waals surface area contributed by atoms with Crippen LogP contribution in [0.25, 0.3) is 5.83 Å². The second-order valence-corrected chi connectivity index (χ2v) is 11.6. The highest BCUT2D eigenvalue weighted by atomic mass is 35.5. The van der Waals surface area contributed by atoms with Gasteiger partial charge in [-0.05, 0) is 42.8 Å². The van der Waals surface area contributed by atoms with Crippen LogP contribution in [0.4, 0.5) is 57.1 Å². The van der Waals surface area contributed by atoms with Crippen LogP contribution >= 0.6 is 11.6 Å². The molecule has 1 amide bonds. The Kier molecular flexibility index (Phi) is 10.9. The highest BCUT2D eigenvalue weighted by molar-refractivity contribution is 7.91. The normalized spacial score (nSPS) is 15.1. The lowest BCUT2D eigenvalue weighted by atomic mass is 9.95. The van der Waals surface area contributed by atoms with E-state index >= 15 is 0 Å². The Morgan fingerprint density at radius 1 is 0.955 bits per heavy atom. The summed E-state index contributed by atoms with van der Waals surface area (Å²) >= 11 is 5.55. The molecule has 2 unspecified atom stereocenters. The van der Waals surface area contributed by atoms with Gasteiger partial charge < -0.3 is 10.1 Å². The van der Waals surface area contributed by atoms with Crippen LogP contribution in [0.15, 0.2) is 42.5 Å². The number of sulfone groups is 1. The Balaban J connectivity index is 2.45. The van der Waals surface area contributed by atoms with Gasteiger partial charge in [0.15, 0.2) is 9.84 Å². The topological polar surface area (TPSA) is 72.5 Å². The van der Waals surface area contributed by atoms with E-state index in [1.54, 1.807) is 5.32 Å². The molecule has 0 aliphatic rings. The molecule has 0 radical (unpaired) electrons. The fourth-order valence-corrected chi connectivity index (χ4v) is 5.39. The maximum Gasteiger partial charge on any atom is 0.573 e. The van der Waals surface area contributed by atoms with Crippen molar-refractivity contribution in [2.75, 3.05) is 11.5 Å². The van der Waals surface area contributed by atoms with Gasteiger partial charge in [0.1, 0.15) is 23.2 Å². The van der Waals surface area contributed by atoms with Crippen LogP contribution in [0.5, 0.6) is 5.75 Å². The molecule has 246 valence electrons. The third-order valence-corrected chi connectivity index (χ3v) is 7.39. The molecule has 2 rings (SSSR count). The standard InChI is InChI=1S/C24H17ClF13NO4S/c1-11(9-44(41,42)10-21(27,28)29)39-20(40)14-4-2-13(6-16(14)23(33,34)35)18(26)8-15(22(30,31)32)12-3-5-19(17(25)7-12)43-24(36,37)38/h2-8,11,15H,9-10H2,1H3,(H,39,40)/b18-8-. The molecule has 0 aromatic heterocycles. The highest BCUT2D eigenvalue weighted by Crippen LogP contribution is 2.42. The Morgan fingerprint density at radius 3 is 2.02 bits per heavy atom. The van der Waals surface area contributed by atoms with Gasteiger partial charge in [-0.1, -0.05) is 23.7 Å². The summed E-state index contributed by atoms with van der Waals surface area (Å²) in [7, 11) is -4.86. The van der Waals surface area contributed by atoms with Crippen molar-refractivity contribution in [3.63, 3.8) is 0 Å². The third-order valence-electron chi connectivity index (χ3n) is 5.32. The number of halogens is 14. The van der Waals surface area contributed by atoms with E-state index in [0.717, 1.165) is 6.92 Å². The van der Waals surface area contributed by atoms with Crippen LogP contribution in [0, 0.1) is 0 Å². The summed E-state index contributed by atoms with van der Waals surface area (Å²) in [4.78, 5) is 12.4. The van der Waals surface area contributed by atoms with Gasteiger partial charge in [-0.25, -0.2) is 12.8 Å². The highest BCUT2D eigenvalue weighted by Gasteiger charge is 2.42. The lowest BCUT2D eigenvalue weighted by Crippen LogP contribution is -2.40. The lowest BCUT2D eigenvalue weighted by molar-refractivity contribution is -0.274. The van der Waals surface area contributed by atoms with Crippen LogP contribution in [0.2, 0.25) is 5.02 Å². The average Bonchev–Trinajstić information content (AvgIpc) is 2.79. The van der Waals surface area contributed by atoms with Crippen molar-refractivity contribution in [3.05, 3.63) is 69.8 Å². The zero-order valence-corrected chi connectivity index (χ0v) is 23.0. The van der Waals surface area contributed by atoms with E-state index in [4.69, 9.17) is 11.6 Å². The van der Waals surface area contributed by atoms with E-state index in [1.807, 2.05) is 0 Å². The van der Waals surface area contributed by atoms with Gasteiger partial charge in [0.05, 0.1) is 21.9 Å². The summed E-state index contributed by atoms with van der Waals surface area (Å²) in [5.41, 5.74) is -5.23. The Bertz CT molecular complexity index is 1500. The Morgan fingerprint density at radius 2 is 1.55 bits per heavy atom. The maximum atomic E-state index is 15.0. The van der Waals surface area contributed by atoms with Gasteiger partial charge >= 0.3 is 24.9 Å². The quantitative estimate of drug-likeness (QED) is 0.270. The minimum absolute atomic E-state index is 0.0491. The van der Waals surface area contributed by atoms with Gasteiger partial charge in [-0.3, -0.25) is 4.79 Å². The van der Waals surface area contributed by atoms with Crippen molar-refractivity contribution < 1.29 is 75.0 Å². The van der Waals surface area contributed by atoms with Crippen molar-refractivity contribution in [1.29, 1.82) is 0 Å². The van der Waals surface area contributed by atoms with Gasteiger partial charge in [0.25, 0.3) is 5.91 Å². The monoisotopic (exact) mass is 697 g/mol. The zero-order chi connectivity index (χ0) is 34.1. The molecule has 5 nitrogen and oxygen atoms in total. The van der Waals surface area contributed by atoms with E-state index < -0.39 is 103 Å². The number of alkyl halides is 12. The molecule has 0 aliphatic heterocycles. The molecular weight excluding hydrogens is 681 g/mol. The van der Waals surface area contributed by atoms with Gasteiger partial charge in [0.2, 0.25) is 0 Å². The molecular formula is C24H17ClF13NO4S. The number of benzene rings is 2. The molecule has 0 bridgehead atoms. The molecule has 44 heavy (non-hydrogen) atoms. The molecule has 0 saturated carbocycles. The number of carbonyl (C=O) groups excluding carboxylic acids is 1. The van der Waals surface area contributed by atoms with Crippen molar-refractivity contribution in [1.82, 2.24) is 5.32 Å². The lowest BCUT2D eigenvalue weighted by Gasteiger charge is -2.20. The summed E-state index contributed by atoms with van der Waals surface area (Å²) in [5.74, 6) is -11.2. The predicted octanol–water partition coefficient (Wildman–Crippen LogP) is 8.01. The number of carbonyl (C=O) groups is 1. The fraction of sp³-hybridized carbons (Fsp3) is 0.375. The molecule has 2 aromatic carbocycles. The molecule has 1 N–H and O–H groups in total. The summed E-state index contributed by atoms with van der Waals surface area (Å²) in [6.07, 6.45) is -21.4. The molecule has 0 heterocycles. The largest absolute Gasteiger partial charge is 0.573 e. The first kappa shape index (κ1) is 37.0. The molecule has 0 aliphatic carbocycles. The van der Waals surface area contributed by atoms with Crippen molar-refractivity contribution >= 4 is 33.2 Å². The van der Waals surface area contributed by atoms with E-state index in [0.29, 0.717) is 30.3 Å². The summed E-state index contributed by atoms with van der Waals surface area (Å²) in [6, 6.07) is 0.337. The predicted molar refractivity (Wildman–Crippen MR) is 129 cm³/mol. The first-order valence-corrected chi connectivity index (χ1v) is 13.7. The van der Waals surface area contributed by atoms with E-state index in [9.17, 15) is 70.3 Å². The Hall–Kier alpha value is -3.22. The van der Waals surface area contributed by atoms with E-state index in [-0.39, 0.29) is 12.1 Å². The van der Waals surface area contributed by atoms with Crippen molar-refractivity contribution in [3.8, 4) is 5.75 Å². The minimum Gasteiger partial charge on any atom is -0.404 e. The second kappa shape index (κ2) is 13.0.